The molecule has 1 aromatic carbocycles. The average molecular weight is 472 g/mol. The molecule has 8 heteroatoms. The lowest BCUT2D eigenvalue weighted by atomic mass is 10.1. The fraction of sp³-hybridized carbons (Fsp3) is 0.444. The quantitative estimate of drug-likeness (QED) is 0.620. The second-order valence-electron chi connectivity index (χ2n) is 9.84. The number of anilines is 2. The maximum Gasteiger partial charge on any atom is 0.231 e. The van der Waals surface area contributed by atoms with Crippen LogP contribution in [-0.4, -0.2) is 89.9 Å². The number of carbonyl (C=O) groups excluding carboxylic acids is 1. The molecule has 35 heavy (non-hydrogen) atoms. The molecule has 0 bridgehead atoms. The van der Waals surface area contributed by atoms with Crippen molar-refractivity contribution in [3.63, 3.8) is 0 Å². The standard InChI is InChI=1S/C27H33N7O/c1-2-30-9-11-31(12-10-30)22-5-3-20(4-6-22)21-17-26-25(7-8-29-34(26)19-21)32-13-15-33(16-14-32)27(35)23-18-24(23)28/h3-8,17,19,23,28H,2,9-16,18H2,1H3/t23-/m0/s1. The highest BCUT2D eigenvalue weighted by Crippen LogP contribution is 2.31. The predicted molar refractivity (Wildman–Crippen MR) is 140 cm³/mol. The summed E-state index contributed by atoms with van der Waals surface area (Å²) in [6, 6.07) is 13.2. The van der Waals surface area contributed by atoms with Crippen molar-refractivity contribution in [2.75, 3.05) is 68.7 Å². The van der Waals surface area contributed by atoms with E-state index in [1.54, 1.807) is 0 Å². The summed E-state index contributed by atoms with van der Waals surface area (Å²) in [4.78, 5) is 21.7. The van der Waals surface area contributed by atoms with Gasteiger partial charge < -0.3 is 25.0 Å². The van der Waals surface area contributed by atoms with Gasteiger partial charge in [-0.3, -0.25) is 4.79 Å². The highest BCUT2D eigenvalue weighted by molar-refractivity contribution is 6.15. The zero-order valence-corrected chi connectivity index (χ0v) is 20.4. The van der Waals surface area contributed by atoms with E-state index in [9.17, 15) is 4.79 Å². The number of aromatic nitrogens is 2. The number of amides is 1. The largest absolute Gasteiger partial charge is 0.369 e. The number of carbonyl (C=O) groups is 1. The zero-order chi connectivity index (χ0) is 23.9. The smallest absolute Gasteiger partial charge is 0.231 e. The monoisotopic (exact) mass is 471 g/mol. The molecule has 182 valence electrons. The minimum absolute atomic E-state index is 0.134. The minimum atomic E-state index is -0.144. The predicted octanol–water partition coefficient (Wildman–Crippen LogP) is 2.83. The number of hydrogen-bond donors (Lipinski definition) is 1. The molecule has 1 N–H and O–H groups in total. The third-order valence-corrected chi connectivity index (χ3v) is 7.79. The Morgan fingerprint density at radius 2 is 1.63 bits per heavy atom. The summed E-state index contributed by atoms with van der Waals surface area (Å²) in [7, 11) is 0. The molecular weight excluding hydrogens is 438 g/mol. The molecule has 3 aliphatic rings. The van der Waals surface area contributed by atoms with E-state index in [1.165, 1.54) is 11.3 Å². The lowest BCUT2D eigenvalue weighted by molar-refractivity contribution is -0.132. The molecule has 0 unspecified atom stereocenters. The van der Waals surface area contributed by atoms with Gasteiger partial charge in [0.2, 0.25) is 5.91 Å². The Labute approximate surface area is 206 Å². The van der Waals surface area contributed by atoms with Gasteiger partial charge in [0.05, 0.1) is 17.1 Å². The molecule has 3 fully saturated rings. The van der Waals surface area contributed by atoms with Crippen molar-refractivity contribution in [2.45, 2.75) is 13.3 Å². The first kappa shape index (κ1) is 22.1. The number of nitrogens with zero attached hydrogens (tertiary/aromatic N) is 6. The van der Waals surface area contributed by atoms with Crippen molar-refractivity contribution in [2.24, 2.45) is 5.92 Å². The van der Waals surface area contributed by atoms with Gasteiger partial charge in [-0.15, -0.1) is 0 Å². The highest BCUT2D eigenvalue weighted by Gasteiger charge is 2.40. The second-order valence-corrected chi connectivity index (χ2v) is 9.84. The molecule has 2 aliphatic heterocycles. The Hall–Kier alpha value is -3.39. The summed E-state index contributed by atoms with van der Waals surface area (Å²) in [6.07, 6.45) is 4.61. The second kappa shape index (κ2) is 9.00. The molecule has 2 saturated heterocycles. The fourth-order valence-corrected chi connectivity index (χ4v) is 5.40. The first-order valence-electron chi connectivity index (χ1n) is 12.8. The highest BCUT2D eigenvalue weighted by atomic mass is 16.2. The van der Waals surface area contributed by atoms with E-state index >= 15 is 0 Å². The van der Waals surface area contributed by atoms with Crippen LogP contribution in [-0.2, 0) is 4.79 Å². The first-order chi connectivity index (χ1) is 17.1. The van der Waals surface area contributed by atoms with Gasteiger partial charge in [0.1, 0.15) is 0 Å². The van der Waals surface area contributed by atoms with Gasteiger partial charge in [-0.2, -0.15) is 5.10 Å². The van der Waals surface area contributed by atoms with Crippen molar-refractivity contribution >= 4 is 28.5 Å². The molecule has 2 aromatic heterocycles. The van der Waals surface area contributed by atoms with E-state index in [4.69, 9.17) is 5.41 Å². The van der Waals surface area contributed by atoms with Crippen LogP contribution in [0.5, 0.6) is 0 Å². The third-order valence-electron chi connectivity index (χ3n) is 7.79. The summed E-state index contributed by atoms with van der Waals surface area (Å²) < 4.78 is 1.96. The van der Waals surface area contributed by atoms with E-state index in [2.05, 4.69) is 69.3 Å². The summed E-state index contributed by atoms with van der Waals surface area (Å²) in [6.45, 7) is 10.8. The maximum atomic E-state index is 12.5. The molecule has 4 heterocycles. The summed E-state index contributed by atoms with van der Waals surface area (Å²) in [5, 5.41) is 12.2. The van der Waals surface area contributed by atoms with Crippen LogP contribution in [0.2, 0.25) is 0 Å². The molecule has 0 spiro atoms. The lowest BCUT2D eigenvalue weighted by Gasteiger charge is -2.36. The Morgan fingerprint density at radius 3 is 2.29 bits per heavy atom. The molecule has 1 amide bonds. The van der Waals surface area contributed by atoms with E-state index in [0.29, 0.717) is 25.2 Å². The Kier molecular flexibility index (Phi) is 5.68. The van der Waals surface area contributed by atoms with Crippen LogP contribution < -0.4 is 9.80 Å². The number of hydrogen-bond acceptors (Lipinski definition) is 6. The van der Waals surface area contributed by atoms with Crippen LogP contribution in [0.25, 0.3) is 16.6 Å². The van der Waals surface area contributed by atoms with Gasteiger partial charge in [-0.1, -0.05) is 19.1 Å². The SMILES string of the molecule is CCN1CCN(c2ccc(-c3cc4c(N5CCN(C(=O)[C@H]6CC6=N)CC5)ccnn4c3)cc2)CC1. The lowest BCUT2D eigenvalue weighted by Crippen LogP contribution is -2.49. The topological polar surface area (TPSA) is 71.2 Å². The summed E-state index contributed by atoms with van der Waals surface area (Å²) in [5.74, 6) is -0.00936. The molecule has 8 nitrogen and oxygen atoms in total. The van der Waals surface area contributed by atoms with Crippen LogP contribution >= 0.6 is 0 Å². The van der Waals surface area contributed by atoms with Crippen LogP contribution in [0.4, 0.5) is 11.4 Å². The number of rotatable bonds is 5. The minimum Gasteiger partial charge on any atom is -0.369 e. The van der Waals surface area contributed by atoms with Gasteiger partial charge in [0, 0.05) is 88.1 Å². The zero-order valence-electron chi connectivity index (χ0n) is 20.4. The molecule has 1 saturated carbocycles. The van der Waals surface area contributed by atoms with Crippen LogP contribution in [0.3, 0.4) is 0 Å². The van der Waals surface area contributed by atoms with Crippen LogP contribution in [0.1, 0.15) is 13.3 Å². The normalized spacial score (nSPS) is 21.1. The Bertz CT molecular complexity index is 1230. The average Bonchev–Trinajstić information content (AvgIpc) is 3.48. The van der Waals surface area contributed by atoms with Gasteiger partial charge in [-0.25, -0.2) is 4.52 Å². The van der Waals surface area contributed by atoms with Crippen molar-refractivity contribution in [3.8, 4) is 11.1 Å². The van der Waals surface area contributed by atoms with Crippen LogP contribution in [0.15, 0.2) is 48.8 Å². The fourth-order valence-electron chi connectivity index (χ4n) is 5.40. The van der Waals surface area contributed by atoms with E-state index in [0.717, 1.165) is 62.6 Å². The van der Waals surface area contributed by atoms with Gasteiger partial charge in [0.15, 0.2) is 0 Å². The molecule has 3 aromatic rings. The van der Waals surface area contributed by atoms with E-state index < -0.39 is 0 Å². The van der Waals surface area contributed by atoms with Crippen molar-refractivity contribution in [1.82, 2.24) is 19.4 Å². The Morgan fingerprint density at radius 1 is 0.943 bits per heavy atom. The van der Waals surface area contributed by atoms with Crippen molar-refractivity contribution in [3.05, 3.63) is 48.8 Å². The van der Waals surface area contributed by atoms with Crippen molar-refractivity contribution in [1.29, 1.82) is 5.41 Å². The van der Waals surface area contributed by atoms with E-state index in [-0.39, 0.29) is 11.8 Å². The number of benzene rings is 1. The molecule has 1 atom stereocenters. The summed E-state index contributed by atoms with van der Waals surface area (Å²) in [5.41, 5.74) is 6.48. The number of fused-ring (bicyclic) bond motifs is 1. The molecular formula is C27H33N7O. The Balaban J connectivity index is 1.17. The van der Waals surface area contributed by atoms with Crippen molar-refractivity contribution < 1.29 is 4.79 Å². The van der Waals surface area contributed by atoms with E-state index in [1.807, 2.05) is 15.6 Å². The van der Waals surface area contributed by atoms with Crippen LogP contribution in [0, 0.1) is 11.3 Å². The number of nitrogens with one attached hydrogen (secondary N) is 1. The number of likely N-dealkylation sites (N-methyl/N-ethyl adjacent to an activating group) is 1. The molecule has 0 radical (unpaired) electrons. The molecule has 6 rings (SSSR count). The third kappa shape index (κ3) is 4.27. The summed E-state index contributed by atoms with van der Waals surface area (Å²) >= 11 is 0. The van der Waals surface area contributed by atoms with Gasteiger partial charge in [0.25, 0.3) is 0 Å². The molecule has 1 aliphatic carbocycles. The first-order valence-corrected chi connectivity index (χ1v) is 12.8. The maximum absolute atomic E-state index is 12.5. The van der Waals surface area contributed by atoms with Gasteiger partial charge in [-0.05, 0) is 36.4 Å². The van der Waals surface area contributed by atoms with Gasteiger partial charge >= 0.3 is 0 Å². The number of piperazine rings is 2.